The summed E-state index contributed by atoms with van der Waals surface area (Å²) < 4.78 is 9.34. The predicted molar refractivity (Wildman–Crippen MR) is 205 cm³/mol. The molecule has 0 saturated heterocycles. The molecule has 0 aromatic rings. The average Bonchev–Trinajstić information content (AvgIpc) is 3.07. The van der Waals surface area contributed by atoms with E-state index in [-0.39, 0.29) is 37.6 Å². The Morgan fingerprint density at radius 3 is 1.46 bits per heavy atom. The molecule has 0 saturated carbocycles. The molecule has 0 fully saturated rings. The summed E-state index contributed by atoms with van der Waals surface area (Å²) in [5.74, 6) is -0.965. The van der Waals surface area contributed by atoms with Gasteiger partial charge in [0, 0.05) is 33.1 Å². The third-order valence-electron chi connectivity index (χ3n) is 7.90. The Balaban J connectivity index is 0. The summed E-state index contributed by atoms with van der Waals surface area (Å²) in [5.41, 5.74) is 0. The highest BCUT2D eigenvalue weighted by molar-refractivity contribution is 5.89. The van der Waals surface area contributed by atoms with Gasteiger partial charge in [-0.3, -0.25) is 19.2 Å². The molecule has 8 nitrogen and oxygen atoms in total. The van der Waals surface area contributed by atoms with Crippen LogP contribution >= 0.6 is 0 Å². The zero-order valence-electron chi connectivity index (χ0n) is 31.9. The van der Waals surface area contributed by atoms with Gasteiger partial charge in [0.15, 0.2) is 5.78 Å². The van der Waals surface area contributed by atoms with Gasteiger partial charge in [0.2, 0.25) is 0 Å². The van der Waals surface area contributed by atoms with E-state index in [0.29, 0.717) is 6.42 Å². The van der Waals surface area contributed by atoms with Crippen molar-refractivity contribution in [2.24, 2.45) is 0 Å². The summed E-state index contributed by atoms with van der Waals surface area (Å²) >= 11 is 0. The number of rotatable bonds is 33. The van der Waals surface area contributed by atoms with Crippen molar-refractivity contribution < 1.29 is 38.9 Å². The SMILES string of the molecule is C=C/C=C/CCCCCCCCCCCC(=O)C[C@@H](O)COC(C)=O.CC/C=C/CCCCCCCCC/C=C/C(=O)C[C@@H](O)COC(C)=O. The molecule has 0 rings (SSSR count). The van der Waals surface area contributed by atoms with Gasteiger partial charge in [-0.2, -0.15) is 0 Å². The molecule has 288 valence electrons. The number of ketones is 2. The quantitative estimate of drug-likeness (QED) is 0.0227. The third-order valence-corrected chi connectivity index (χ3v) is 7.90. The molecular weight excluding hydrogens is 632 g/mol. The first kappa shape index (κ1) is 49.3. The number of carbonyl (C=O) groups is 4. The van der Waals surface area contributed by atoms with E-state index in [0.717, 1.165) is 38.5 Å². The van der Waals surface area contributed by atoms with Crippen molar-refractivity contribution in [3.8, 4) is 0 Å². The molecule has 2 atom stereocenters. The number of ether oxygens (including phenoxy) is 2. The van der Waals surface area contributed by atoms with E-state index < -0.39 is 24.1 Å². The molecule has 0 unspecified atom stereocenters. The van der Waals surface area contributed by atoms with Crippen molar-refractivity contribution in [1.29, 1.82) is 0 Å². The number of unbranched alkanes of at least 4 members (excludes halogenated alkanes) is 17. The van der Waals surface area contributed by atoms with Gasteiger partial charge in [0.25, 0.3) is 0 Å². The van der Waals surface area contributed by atoms with E-state index in [1.165, 1.54) is 110 Å². The van der Waals surface area contributed by atoms with E-state index >= 15 is 0 Å². The zero-order chi connectivity index (χ0) is 37.5. The fraction of sp³-hybridized carbons (Fsp3) is 0.714. The van der Waals surface area contributed by atoms with Crippen LogP contribution in [0.3, 0.4) is 0 Å². The van der Waals surface area contributed by atoms with Crippen LogP contribution in [0.1, 0.15) is 168 Å². The van der Waals surface area contributed by atoms with Gasteiger partial charge < -0.3 is 19.7 Å². The molecule has 0 aliphatic carbocycles. The molecule has 0 aliphatic heterocycles. The minimum atomic E-state index is -0.918. The van der Waals surface area contributed by atoms with Crippen LogP contribution in [0, 0.1) is 0 Å². The molecule has 0 radical (unpaired) electrons. The lowest BCUT2D eigenvalue weighted by Gasteiger charge is -2.09. The Morgan fingerprint density at radius 1 is 0.580 bits per heavy atom. The first-order chi connectivity index (χ1) is 24.1. The van der Waals surface area contributed by atoms with Crippen LogP contribution in [0.15, 0.2) is 49.1 Å². The topological polar surface area (TPSA) is 127 Å². The zero-order valence-corrected chi connectivity index (χ0v) is 31.9. The van der Waals surface area contributed by atoms with E-state index in [4.69, 9.17) is 0 Å². The number of hydrogen-bond donors (Lipinski definition) is 2. The molecule has 0 amide bonds. The highest BCUT2D eigenvalue weighted by Gasteiger charge is 2.12. The number of carbonyl (C=O) groups excluding carboxylic acids is 4. The maximum Gasteiger partial charge on any atom is 0.302 e. The summed E-state index contributed by atoms with van der Waals surface area (Å²) in [4.78, 5) is 44.5. The van der Waals surface area contributed by atoms with E-state index in [1.54, 1.807) is 0 Å². The van der Waals surface area contributed by atoms with Gasteiger partial charge in [-0.1, -0.05) is 127 Å². The fourth-order valence-corrected chi connectivity index (χ4v) is 5.13. The fourth-order valence-electron chi connectivity index (χ4n) is 5.13. The van der Waals surface area contributed by atoms with Gasteiger partial charge in [-0.25, -0.2) is 0 Å². The largest absolute Gasteiger partial charge is 0.463 e. The van der Waals surface area contributed by atoms with Gasteiger partial charge in [-0.15, -0.1) is 0 Å². The van der Waals surface area contributed by atoms with Gasteiger partial charge in [-0.05, 0) is 57.4 Å². The van der Waals surface area contributed by atoms with Crippen LogP contribution in [0.2, 0.25) is 0 Å². The lowest BCUT2D eigenvalue weighted by atomic mass is 10.0. The van der Waals surface area contributed by atoms with Crippen molar-refractivity contribution in [2.45, 2.75) is 181 Å². The number of esters is 2. The maximum absolute atomic E-state index is 11.7. The van der Waals surface area contributed by atoms with Crippen LogP contribution in [-0.4, -0.2) is 59.1 Å². The Kier molecular flexibility index (Phi) is 38.4. The van der Waals surface area contributed by atoms with Crippen molar-refractivity contribution in [3.05, 3.63) is 49.1 Å². The van der Waals surface area contributed by atoms with Gasteiger partial charge in [0.05, 0.1) is 12.2 Å². The summed E-state index contributed by atoms with van der Waals surface area (Å²) in [6.07, 6.45) is 36.7. The minimum Gasteiger partial charge on any atom is -0.463 e. The Bertz CT molecular complexity index is 936. The Labute approximate surface area is 304 Å². The summed E-state index contributed by atoms with van der Waals surface area (Å²) in [6, 6.07) is 0. The second kappa shape index (κ2) is 39.0. The lowest BCUT2D eigenvalue weighted by Crippen LogP contribution is -2.20. The number of allylic oxidation sites excluding steroid dienone is 7. The van der Waals surface area contributed by atoms with Crippen LogP contribution in [0.4, 0.5) is 0 Å². The highest BCUT2D eigenvalue weighted by atomic mass is 16.5. The number of hydrogen-bond acceptors (Lipinski definition) is 8. The summed E-state index contributed by atoms with van der Waals surface area (Å²) in [5, 5.41) is 19.1. The molecule has 50 heavy (non-hydrogen) atoms. The summed E-state index contributed by atoms with van der Waals surface area (Å²) in [7, 11) is 0. The second-order valence-corrected chi connectivity index (χ2v) is 13.0. The normalized spacial score (nSPS) is 12.5. The molecule has 2 N–H and O–H groups in total. The standard InChI is InChI=1S/2C21H36O4/c2*1-3-4-5-6-7-8-9-10-11-12-13-14-15-16-20(23)17-21(24)18-25-19(2)22/h4-5,15-16,21,24H,3,6-14,17-18H2,1-2H3;3-5,21,24H,1,6-18H2,2H3/b5-4+,16-15+;5-4+/t2*21-/m11/s1. The first-order valence-electron chi connectivity index (χ1n) is 19.4. The Morgan fingerprint density at radius 2 is 1.00 bits per heavy atom. The van der Waals surface area contributed by atoms with Crippen LogP contribution < -0.4 is 0 Å². The van der Waals surface area contributed by atoms with Crippen molar-refractivity contribution in [3.63, 3.8) is 0 Å². The van der Waals surface area contributed by atoms with Gasteiger partial charge in [0.1, 0.15) is 19.0 Å². The average molecular weight is 705 g/mol. The molecule has 0 aromatic heterocycles. The molecule has 8 heteroatoms. The number of aliphatic hydroxyl groups excluding tert-OH is 2. The van der Waals surface area contributed by atoms with Crippen LogP contribution in [-0.2, 0) is 28.7 Å². The maximum atomic E-state index is 11.7. The first-order valence-corrected chi connectivity index (χ1v) is 19.4. The van der Waals surface area contributed by atoms with Crippen molar-refractivity contribution in [1.82, 2.24) is 0 Å². The third kappa shape index (κ3) is 43.2. The molecule has 0 heterocycles. The molecule has 0 spiro atoms. The van der Waals surface area contributed by atoms with E-state index in [2.05, 4.69) is 41.2 Å². The van der Waals surface area contributed by atoms with E-state index in [9.17, 15) is 29.4 Å². The van der Waals surface area contributed by atoms with Crippen LogP contribution in [0.25, 0.3) is 0 Å². The van der Waals surface area contributed by atoms with Crippen molar-refractivity contribution in [2.75, 3.05) is 13.2 Å². The predicted octanol–water partition coefficient (Wildman–Crippen LogP) is 9.81. The van der Waals surface area contributed by atoms with Crippen molar-refractivity contribution >= 4 is 23.5 Å². The smallest absolute Gasteiger partial charge is 0.302 e. The van der Waals surface area contributed by atoms with Gasteiger partial charge >= 0.3 is 11.9 Å². The summed E-state index contributed by atoms with van der Waals surface area (Å²) in [6.45, 7) is 8.17. The number of Topliss-reactive ketones (excluding diaryl/α,β-unsaturated/α-hetero) is 1. The lowest BCUT2D eigenvalue weighted by molar-refractivity contribution is -0.145. The Hall–Kier alpha value is -2.84. The van der Waals surface area contributed by atoms with E-state index in [1.807, 2.05) is 18.2 Å². The second-order valence-electron chi connectivity index (χ2n) is 13.0. The molecule has 0 aliphatic rings. The number of aliphatic hydroxyl groups is 2. The molecular formula is C42H72O8. The minimum absolute atomic E-state index is 0.00275. The highest BCUT2D eigenvalue weighted by Crippen LogP contribution is 2.13. The molecule has 0 aromatic carbocycles. The monoisotopic (exact) mass is 705 g/mol. The molecule has 0 bridgehead atoms. The van der Waals surface area contributed by atoms with Crippen LogP contribution in [0.5, 0.6) is 0 Å².